The molecule has 8 heteroatoms. The third-order valence-corrected chi connectivity index (χ3v) is 6.02. The molecule has 158 valence electrons. The lowest BCUT2D eigenvalue weighted by atomic mass is 10.2. The highest BCUT2D eigenvalue weighted by Crippen LogP contribution is 2.28. The Hall–Kier alpha value is -3.91. The molecule has 0 spiro atoms. The highest BCUT2D eigenvalue weighted by molar-refractivity contribution is 7.98. The number of aromatic nitrogens is 4. The zero-order valence-electron chi connectivity index (χ0n) is 17.1. The topological polar surface area (TPSA) is 78.5 Å². The van der Waals surface area contributed by atoms with E-state index in [-0.39, 0.29) is 11.1 Å². The molecule has 0 aliphatic heterocycles. The summed E-state index contributed by atoms with van der Waals surface area (Å²) in [6.45, 7) is 0. The fraction of sp³-hybridized carbons (Fsp3) is 0.0833. The minimum atomic E-state index is -0.186. The number of thioether (sulfide) groups is 1. The molecule has 0 saturated heterocycles. The molecule has 0 amide bonds. The van der Waals surface area contributed by atoms with Gasteiger partial charge in [0.05, 0.1) is 29.4 Å². The minimum absolute atomic E-state index is 0.153. The summed E-state index contributed by atoms with van der Waals surface area (Å²) in [4.78, 5) is 35.2. The van der Waals surface area contributed by atoms with Crippen molar-refractivity contribution in [3.05, 3.63) is 105 Å². The van der Waals surface area contributed by atoms with Crippen molar-refractivity contribution in [2.75, 3.05) is 7.11 Å². The molecule has 0 radical (unpaired) electrons. The Labute approximate surface area is 187 Å². The first kappa shape index (κ1) is 20.0. The van der Waals surface area contributed by atoms with E-state index >= 15 is 0 Å². The predicted molar refractivity (Wildman–Crippen MR) is 125 cm³/mol. The normalized spacial score (nSPS) is 11.2. The number of hydrogen-bond acceptors (Lipinski definition) is 6. The molecule has 0 saturated carbocycles. The molecule has 0 unspecified atom stereocenters. The summed E-state index contributed by atoms with van der Waals surface area (Å²) in [5.74, 6) is 0.941. The van der Waals surface area contributed by atoms with E-state index in [1.54, 1.807) is 42.1 Å². The molecule has 0 fully saturated rings. The third-order valence-electron chi connectivity index (χ3n) is 5.04. The summed E-state index contributed by atoms with van der Waals surface area (Å²) in [5, 5.41) is 1.01. The summed E-state index contributed by atoms with van der Waals surface area (Å²) >= 11 is 1.35. The smallest absolute Gasteiger partial charge is 0.266 e. The quantitative estimate of drug-likeness (QED) is 0.305. The van der Waals surface area contributed by atoms with Crippen molar-refractivity contribution in [2.24, 2.45) is 0 Å². The van der Waals surface area contributed by atoms with E-state index in [9.17, 15) is 9.59 Å². The molecule has 0 aliphatic carbocycles. The van der Waals surface area contributed by atoms with Gasteiger partial charge in [0.15, 0.2) is 5.16 Å². The van der Waals surface area contributed by atoms with E-state index in [2.05, 4.69) is 4.98 Å². The van der Waals surface area contributed by atoms with E-state index in [1.807, 2.05) is 42.5 Å². The molecule has 3 heterocycles. The predicted octanol–water partition coefficient (Wildman–Crippen LogP) is 3.69. The van der Waals surface area contributed by atoms with Crippen molar-refractivity contribution in [1.82, 2.24) is 18.9 Å². The van der Waals surface area contributed by atoms with Crippen molar-refractivity contribution in [3.8, 4) is 11.4 Å². The van der Waals surface area contributed by atoms with Gasteiger partial charge in [-0.3, -0.25) is 18.6 Å². The van der Waals surface area contributed by atoms with Crippen LogP contribution < -0.4 is 15.9 Å². The van der Waals surface area contributed by atoms with Gasteiger partial charge >= 0.3 is 0 Å². The van der Waals surface area contributed by atoms with E-state index in [0.29, 0.717) is 44.6 Å². The van der Waals surface area contributed by atoms with Crippen LogP contribution in [0, 0.1) is 0 Å². The van der Waals surface area contributed by atoms with Crippen LogP contribution in [0.5, 0.6) is 5.75 Å². The van der Waals surface area contributed by atoms with Gasteiger partial charge in [0.2, 0.25) is 0 Å². The number of ether oxygens (including phenoxy) is 1. The number of pyridine rings is 1. The van der Waals surface area contributed by atoms with Crippen LogP contribution in [0.2, 0.25) is 0 Å². The fourth-order valence-electron chi connectivity index (χ4n) is 3.55. The van der Waals surface area contributed by atoms with Gasteiger partial charge in [-0.05, 0) is 36.4 Å². The largest absolute Gasteiger partial charge is 0.495 e. The summed E-state index contributed by atoms with van der Waals surface area (Å²) in [6, 6.07) is 21.5. The zero-order valence-corrected chi connectivity index (χ0v) is 18.0. The molecular weight excluding hydrogens is 424 g/mol. The number of hydrogen-bond donors (Lipinski definition) is 0. The molecule has 7 nitrogen and oxygen atoms in total. The number of fused-ring (bicyclic) bond motifs is 2. The van der Waals surface area contributed by atoms with Crippen LogP contribution in [0.3, 0.4) is 0 Å². The zero-order chi connectivity index (χ0) is 22.1. The Balaban J connectivity index is 1.63. The Kier molecular flexibility index (Phi) is 5.20. The summed E-state index contributed by atoms with van der Waals surface area (Å²) in [5.41, 5.74) is 2.06. The van der Waals surface area contributed by atoms with Gasteiger partial charge < -0.3 is 4.74 Å². The van der Waals surface area contributed by atoms with E-state index in [1.165, 1.54) is 22.2 Å². The molecule has 32 heavy (non-hydrogen) atoms. The maximum atomic E-state index is 13.4. The number of methoxy groups -OCH3 is 1. The first-order valence-corrected chi connectivity index (χ1v) is 10.9. The molecule has 5 aromatic rings. The van der Waals surface area contributed by atoms with Gasteiger partial charge in [-0.1, -0.05) is 42.1 Å². The number of nitrogens with zero attached hydrogens (tertiary/aromatic N) is 4. The second kappa shape index (κ2) is 8.32. The van der Waals surface area contributed by atoms with Crippen LogP contribution >= 0.6 is 11.8 Å². The second-order valence-electron chi connectivity index (χ2n) is 7.03. The summed E-state index contributed by atoms with van der Waals surface area (Å²) in [7, 11) is 1.57. The first-order chi connectivity index (χ1) is 15.7. The molecule has 0 aliphatic rings. The third kappa shape index (κ3) is 3.54. The van der Waals surface area contributed by atoms with Crippen molar-refractivity contribution < 1.29 is 4.74 Å². The van der Waals surface area contributed by atoms with Gasteiger partial charge in [-0.25, -0.2) is 9.97 Å². The number of benzene rings is 2. The molecular formula is C24H18N4O3S. The van der Waals surface area contributed by atoms with E-state index in [4.69, 9.17) is 9.72 Å². The molecule has 2 aromatic carbocycles. The van der Waals surface area contributed by atoms with Gasteiger partial charge in [0.25, 0.3) is 11.1 Å². The molecule has 0 bridgehead atoms. The molecule has 0 N–H and O–H groups in total. The van der Waals surface area contributed by atoms with Gasteiger partial charge in [0, 0.05) is 18.0 Å². The summed E-state index contributed by atoms with van der Waals surface area (Å²) in [6.07, 6.45) is 1.69. The van der Waals surface area contributed by atoms with Crippen LogP contribution in [0.1, 0.15) is 5.69 Å². The maximum Gasteiger partial charge on any atom is 0.266 e. The highest BCUT2D eigenvalue weighted by atomic mass is 32.2. The fourth-order valence-corrected chi connectivity index (χ4v) is 4.45. The number of rotatable bonds is 5. The van der Waals surface area contributed by atoms with Crippen molar-refractivity contribution in [3.63, 3.8) is 0 Å². The van der Waals surface area contributed by atoms with Crippen molar-refractivity contribution in [1.29, 1.82) is 0 Å². The van der Waals surface area contributed by atoms with Crippen molar-refractivity contribution in [2.45, 2.75) is 10.9 Å². The van der Waals surface area contributed by atoms with Crippen LogP contribution in [-0.2, 0) is 5.75 Å². The highest BCUT2D eigenvalue weighted by Gasteiger charge is 2.16. The molecule has 0 atom stereocenters. The lowest BCUT2D eigenvalue weighted by Gasteiger charge is -2.15. The Morgan fingerprint density at radius 3 is 2.59 bits per heavy atom. The average molecular weight is 443 g/mol. The lowest BCUT2D eigenvalue weighted by Crippen LogP contribution is -2.22. The monoisotopic (exact) mass is 442 g/mol. The van der Waals surface area contributed by atoms with E-state index < -0.39 is 0 Å². The standard InChI is InChI=1S/C24H18N4O3S/c1-31-20-11-5-4-10-19(20)28-23(30)17-8-2-3-9-18(17)26-24(28)32-15-16-14-22(29)27-13-7-6-12-21(27)25-16/h2-14H,15H2,1H3. The second-order valence-corrected chi connectivity index (χ2v) is 7.97. The molecule has 5 rings (SSSR count). The van der Waals surface area contributed by atoms with Crippen LogP contribution in [0.15, 0.2) is 93.7 Å². The SMILES string of the molecule is COc1ccccc1-n1c(SCc2cc(=O)n3ccccc3n2)nc2ccccc2c1=O. The summed E-state index contributed by atoms with van der Waals surface area (Å²) < 4.78 is 8.54. The molecule has 3 aromatic heterocycles. The van der Waals surface area contributed by atoms with Crippen LogP contribution in [0.4, 0.5) is 0 Å². The maximum absolute atomic E-state index is 13.4. The lowest BCUT2D eigenvalue weighted by molar-refractivity contribution is 0.411. The first-order valence-electron chi connectivity index (χ1n) is 9.91. The van der Waals surface area contributed by atoms with Gasteiger partial charge in [-0.2, -0.15) is 0 Å². The van der Waals surface area contributed by atoms with E-state index in [0.717, 1.165) is 0 Å². The average Bonchev–Trinajstić information content (AvgIpc) is 2.83. The minimum Gasteiger partial charge on any atom is -0.495 e. The van der Waals surface area contributed by atoms with Gasteiger partial charge in [-0.15, -0.1) is 0 Å². The van der Waals surface area contributed by atoms with Crippen LogP contribution in [-0.4, -0.2) is 26.0 Å². The van der Waals surface area contributed by atoms with Crippen molar-refractivity contribution >= 4 is 28.3 Å². The van der Waals surface area contributed by atoms with Crippen LogP contribution in [0.25, 0.3) is 22.2 Å². The number of para-hydroxylation sites is 3. The Morgan fingerprint density at radius 1 is 0.938 bits per heavy atom. The van der Waals surface area contributed by atoms with Gasteiger partial charge in [0.1, 0.15) is 11.4 Å². The Morgan fingerprint density at radius 2 is 1.72 bits per heavy atom. The Bertz CT molecular complexity index is 1580.